The molecule has 1 aliphatic heterocycles. The molecule has 6 heteroatoms. The number of likely N-dealkylation sites (tertiary alicyclic amines) is 1. The van der Waals surface area contributed by atoms with E-state index in [4.69, 9.17) is 16.7 Å². The van der Waals surface area contributed by atoms with Crippen molar-refractivity contribution in [1.29, 1.82) is 0 Å². The molecule has 2 aromatic rings. The van der Waals surface area contributed by atoms with Crippen molar-refractivity contribution in [1.82, 2.24) is 10.2 Å². The van der Waals surface area contributed by atoms with Gasteiger partial charge in [0.25, 0.3) is 0 Å². The van der Waals surface area contributed by atoms with Gasteiger partial charge in [-0.05, 0) is 81.3 Å². The Morgan fingerprint density at radius 1 is 1.06 bits per heavy atom. The number of carbonyl (C=O) groups excluding carboxylic acids is 2. The molecular weight excluding hydrogens is 472 g/mol. The lowest BCUT2D eigenvalue weighted by Gasteiger charge is -2.43. The monoisotopic (exact) mass is 514 g/mol. The average molecular weight is 515 g/mol. The first-order valence-electron chi connectivity index (χ1n) is 12.9. The summed E-state index contributed by atoms with van der Waals surface area (Å²) in [6.45, 7) is 7.31. The van der Waals surface area contributed by atoms with Gasteiger partial charge in [-0.1, -0.05) is 67.9 Å². The van der Waals surface area contributed by atoms with Crippen LogP contribution in [0, 0.1) is 17.3 Å². The first kappa shape index (κ1) is 30.2. The van der Waals surface area contributed by atoms with Crippen molar-refractivity contribution in [3.05, 3.63) is 70.7 Å². The molecule has 1 saturated carbocycles. The number of aliphatic hydroxyl groups is 1. The van der Waals surface area contributed by atoms with Gasteiger partial charge in [0.15, 0.2) is 0 Å². The summed E-state index contributed by atoms with van der Waals surface area (Å²) in [6, 6.07) is 17.8. The number of hydrogen-bond acceptors (Lipinski definition) is 5. The van der Waals surface area contributed by atoms with Gasteiger partial charge in [0, 0.05) is 35.7 Å². The normalized spacial score (nSPS) is 25.4. The van der Waals surface area contributed by atoms with Crippen molar-refractivity contribution in [2.24, 2.45) is 17.3 Å². The van der Waals surface area contributed by atoms with Gasteiger partial charge in [0.1, 0.15) is 12.6 Å². The molecule has 198 valence electrons. The molecule has 0 bridgehead atoms. The van der Waals surface area contributed by atoms with Crippen LogP contribution >= 0.6 is 11.6 Å². The van der Waals surface area contributed by atoms with E-state index >= 15 is 0 Å². The number of nitrogens with one attached hydrogen (secondary N) is 1. The van der Waals surface area contributed by atoms with Crippen LogP contribution in [0.15, 0.2) is 54.6 Å². The molecule has 2 unspecified atom stereocenters. The van der Waals surface area contributed by atoms with Gasteiger partial charge in [0.2, 0.25) is 0 Å². The third-order valence-electron chi connectivity index (χ3n) is 7.44. The van der Waals surface area contributed by atoms with Gasteiger partial charge in [-0.2, -0.15) is 0 Å². The Labute approximate surface area is 222 Å². The summed E-state index contributed by atoms with van der Waals surface area (Å²) in [6.07, 6.45) is 5.97. The molecule has 2 aromatic carbocycles. The maximum Gasteiger partial charge on any atom is 0.150 e. The fourth-order valence-electron chi connectivity index (χ4n) is 5.44. The second-order valence-electron chi connectivity index (χ2n) is 10.7. The molecule has 1 heterocycles. The van der Waals surface area contributed by atoms with E-state index in [9.17, 15) is 9.59 Å². The van der Waals surface area contributed by atoms with Crippen LogP contribution in [0.2, 0.25) is 5.02 Å². The van der Waals surface area contributed by atoms with Crippen LogP contribution in [-0.2, 0) is 4.79 Å². The highest BCUT2D eigenvalue weighted by Crippen LogP contribution is 2.41. The number of halogens is 1. The number of aldehydes is 2. The van der Waals surface area contributed by atoms with Crippen LogP contribution in [0.3, 0.4) is 0 Å². The van der Waals surface area contributed by atoms with Crippen molar-refractivity contribution in [3.8, 4) is 0 Å². The standard InChI is InChI=1S/C14H20ClN.C9H17NO2.C7H6O/c1-14(2)10-16(3)9-8-13(14)11-4-6-12(15)7-5-11;1-10-9-3-2-7(5-11)4-8(9)6-12;8-6-7-4-2-1-3-5-7/h4-7,13H,8-10H2,1-3H3;6-11H,2-5H2,1H3;1-6H/t;7?,8-,9-;/m.1./s1. The minimum absolute atomic E-state index is 0.0981. The topological polar surface area (TPSA) is 69.6 Å². The van der Waals surface area contributed by atoms with E-state index in [1.165, 1.54) is 25.1 Å². The molecular formula is C30H43ClN2O3. The Hall–Kier alpha value is -2.05. The van der Waals surface area contributed by atoms with E-state index < -0.39 is 0 Å². The molecule has 2 fully saturated rings. The predicted molar refractivity (Wildman–Crippen MR) is 149 cm³/mol. The van der Waals surface area contributed by atoms with Crippen LogP contribution < -0.4 is 5.32 Å². The van der Waals surface area contributed by atoms with Crippen molar-refractivity contribution in [2.75, 3.05) is 33.8 Å². The summed E-state index contributed by atoms with van der Waals surface area (Å²) >= 11 is 5.94. The van der Waals surface area contributed by atoms with Gasteiger partial charge < -0.3 is 20.1 Å². The number of hydrogen-bond donors (Lipinski definition) is 2. The highest BCUT2D eigenvalue weighted by Gasteiger charge is 2.35. The first-order chi connectivity index (χ1) is 17.2. The number of rotatable bonds is 5. The fraction of sp³-hybridized carbons (Fsp3) is 0.533. The lowest BCUT2D eigenvalue weighted by atomic mass is 9.71. The Morgan fingerprint density at radius 3 is 2.22 bits per heavy atom. The molecule has 1 saturated heterocycles. The first-order valence-corrected chi connectivity index (χ1v) is 13.3. The predicted octanol–water partition coefficient (Wildman–Crippen LogP) is 5.47. The summed E-state index contributed by atoms with van der Waals surface area (Å²) in [5, 5.41) is 12.9. The molecule has 2 aliphatic rings. The van der Waals surface area contributed by atoms with Crippen LogP contribution in [0.1, 0.15) is 61.4 Å². The minimum Gasteiger partial charge on any atom is -0.396 e. The highest BCUT2D eigenvalue weighted by atomic mass is 35.5. The molecule has 0 spiro atoms. The van der Waals surface area contributed by atoms with Gasteiger partial charge >= 0.3 is 0 Å². The molecule has 0 radical (unpaired) electrons. The molecule has 0 amide bonds. The van der Waals surface area contributed by atoms with E-state index in [0.29, 0.717) is 23.3 Å². The van der Waals surface area contributed by atoms with Gasteiger partial charge in [-0.3, -0.25) is 4.79 Å². The van der Waals surface area contributed by atoms with Crippen molar-refractivity contribution >= 4 is 24.2 Å². The lowest BCUT2D eigenvalue weighted by molar-refractivity contribution is -0.113. The zero-order valence-corrected chi connectivity index (χ0v) is 23.0. The summed E-state index contributed by atoms with van der Waals surface area (Å²) in [7, 11) is 4.10. The van der Waals surface area contributed by atoms with Gasteiger partial charge in [-0.15, -0.1) is 0 Å². The smallest absolute Gasteiger partial charge is 0.150 e. The number of piperidine rings is 1. The summed E-state index contributed by atoms with van der Waals surface area (Å²) in [5.41, 5.74) is 2.51. The van der Waals surface area contributed by atoms with Gasteiger partial charge in [-0.25, -0.2) is 0 Å². The second kappa shape index (κ2) is 15.3. The molecule has 0 aromatic heterocycles. The largest absolute Gasteiger partial charge is 0.396 e. The van der Waals surface area contributed by atoms with Crippen LogP contribution in [0.5, 0.6) is 0 Å². The van der Waals surface area contributed by atoms with E-state index in [2.05, 4.69) is 43.2 Å². The number of aliphatic hydroxyl groups excluding tert-OH is 1. The van der Waals surface area contributed by atoms with Crippen LogP contribution in [-0.4, -0.2) is 62.4 Å². The van der Waals surface area contributed by atoms with Crippen LogP contribution in [0.25, 0.3) is 0 Å². The SMILES string of the molecule is CN1CCC(c2ccc(Cl)cc2)C(C)(C)C1.CN[C@@H]1CCC(CO)C[C@@H]1C=O.O=Cc1ccccc1. The number of carbonyl (C=O) groups is 2. The zero-order chi connectivity index (χ0) is 26.6. The second-order valence-corrected chi connectivity index (χ2v) is 11.1. The van der Waals surface area contributed by atoms with Gasteiger partial charge in [0.05, 0.1) is 0 Å². The Morgan fingerprint density at radius 2 is 1.72 bits per heavy atom. The van der Waals surface area contributed by atoms with Crippen molar-refractivity contribution in [2.45, 2.75) is 51.5 Å². The molecule has 4 atom stereocenters. The van der Waals surface area contributed by atoms with Crippen LogP contribution in [0.4, 0.5) is 0 Å². The lowest BCUT2D eigenvalue weighted by Crippen LogP contribution is -2.42. The number of nitrogens with zero attached hydrogens (tertiary/aromatic N) is 1. The van der Waals surface area contributed by atoms with E-state index in [1.807, 2.05) is 37.4 Å². The number of benzene rings is 2. The summed E-state index contributed by atoms with van der Waals surface area (Å²) in [4.78, 5) is 23.1. The van der Waals surface area contributed by atoms with E-state index in [-0.39, 0.29) is 12.5 Å². The van der Waals surface area contributed by atoms with Crippen molar-refractivity contribution < 1.29 is 14.7 Å². The molecule has 36 heavy (non-hydrogen) atoms. The Bertz CT molecular complexity index is 904. The average Bonchev–Trinajstić information content (AvgIpc) is 2.89. The Balaban J connectivity index is 0.000000202. The third-order valence-corrected chi connectivity index (χ3v) is 7.69. The minimum atomic E-state index is 0.0981. The molecule has 1 aliphatic carbocycles. The summed E-state index contributed by atoms with van der Waals surface area (Å²) in [5.74, 6) is 1.09. The third kappa shape index (κ3) is 9.44. The quantitative estimate of drug-likeness (QED) is 0.518. The Kier molecular flexibility index (Phi) is 12.8. The molecule has 2 N–H and O–H groups in total. The highest BCUT2D eigenvalue weighted by molar-refractivity contribution is 6.30. The fourth-order valence-corrected chi connectivity index (χ4v) is 5.57. The summed E-state index contributed by atoms with van der Waals surface area (Å²) < 4.78 is 0. The molecule has 4 rings (SSSR count). The van der Waals surface area contributed by atoms with Crippen molar-refractivity contribution in [3.63, 3.8) is 0 Å². The molecule has 5 nitrogen and oxygen atoms in total. The van der Waals surface area contributed by atoms with E-state index in [1.54, 1.807) is 12.1 Å². The maximum atomic E-state index is 10.7. The van der Waals surface area contributed by atoms with E-state index in [0.717, 1.165) is 42.4 Å². The maximum absolute atomic E-state index is 10.7. The zero-order valence-electron chi connectivity index (χ0n) is 22.2.